The van der Waals surface area contributed by atoms with Crippen LogP contribution in [0.25, 0.3) is 0 Å². The third-order valence-electron chi connectivity index (χ3n) is 2.91. The van der Waals surface area contributed by atoms with Crippen LogP contribution in [0.2, 0.25) is 0 Å². The monoisotopic (exact) mass is 209 g/mol. The zero-order chi connectivity index (χ0) is 10.8. The van der Waals surface area contributed by atoms with Crippen LogP contribution in [0, 0.1) is 5.92 Å². The van der Waals surface area contributed by atoms with Crippen LogP contribution in [0.4, 0.5) is 0 Å². The van der Waals surface area contributed by atoms with Gasteiger partial charge < -0.3 is 4.42 Å². The van der Waals surface area contributed by atoms with Crippen LogP contribution in [0.5, 0.6) is 0 Å². The maximum Gasteiger partial charge on any atom is 0.242 e. The standard InChI is InChI=1S/C11H15NO3/c1-8(13)12(14)5-4-9-7-10(9)11-3-2-6-15-11/h2-3,6,9-10,14H,4-5,7H2,1H3. The Morgan fingerprint density at radius 2 is 2.53 bits per heavy atom. The van der Waals surface area contributed by atoms with E-state index in [1.165, 1.54) is 6.92 Å². The van der Waals surface area contributed by atoms with Crippen molar-refractivity contribution < 1.29 is 14.4 Å². The van der Waals surface area contributed by atoms with E-state index in [4.69, 9.17) is 4.42 Å². The molecule has 1 aromatic rings. The molecule has 4 heteroatoms. The van der Waals surface area contributed by atoms with Gasteiger partial charge in [0, 0.05) is 19.4 Å². The van der Waals surface area contributed by atoms with Crippen LogP contribution >= 0.6 is 0 Å². The van der Waals surface area contributed by atoms with E-state index in [0.717, 1.165) is 23.7 Å². The minimum atomic E-state index is -0.301. The van der Waals surface area contributed by atoms with Crippen molar-refractivity contribution in [2.24, 2.45) is 5.92 Å². The first-order valence-corrected chi connectivity index (χ1v) is 5.19. The predicted octanol–water partition coefficient (Wildman–Crippen LogP) is 2.01. The molecule has 4 nitrogen and oxygen atoms in total. The molecule has 82 valence electrons. The van der Waals surface area contributed by atoms with E-state index in [2.05, 4.69) is 0 Å². The van der Waals surface area contributed by atoms with Crippen molar-refractivity contribution in [2.75, 3.05) is 6.54 Å². The number of nitrogens with zero attached hydrogens (tertiary/aromatic N) is 1. The Morgan fingerprint density at radius 1 is 1.73 bits per heavy atom. The zero-order valence-corrected chi connectivity index (χ0v) is 8.72. The summed E-state index contributed by atoms with van der Waals surface area (Å²) in [6.45, 7) is 1.77. The first-order chi connectivity index (χ1) is 7.18. The largest absolute Gasteiger partial charge is 0.469 e. The normalized spacial score (nSPS) is 23.9. The first-order valence-electron chi connectivity index (χ1n) is 5.19. The predicted molar refractivity (Wildman–Crippen MR) is 53.3 cm³/mol. The number of hydrogen-bond donors (Lipinski definition) is 1. The van der Waals surface area contributed by atoms with Gasteiger partial charge in [-0.25, -0.2) is 5.06 Å². The molecule has 0 aromatic carbocycles. The Kier molecular flexibility index (Phi) is 2.77. The summed E-state index contributed by atoms with van der Waals surface area (Å²) < 4.78 is 5.30. The van der Waals surface area contributed by atoms with Crippen LogP contribution in [0.3, 0.4) is 0 Å². The lowest BCUT2D eigenvalue weighted by atomic mass is 10.2. The summed E-state index contributed by atoms with van der Waals surface area (Å²) in [5, 5.41) is 9.96. The molecule has 2 unspecified atom stereocenters. The summed E-state index contributed by atoms with van der Waals surface area (Å²) in [6.07, 6.45) is 3.61. The van der Waals surface area contributed by atoms with Gasteiger partial charge >= 0.3 is 0 Å². The fourth-order valence-electron chi connectivity index (χ4n) is 1.86. The van der Waals surface area contributed by atoms with Crippen molar-refractivity contribution in [1.82, 2.24) is 5.06 Å². The number of carbonyl (C=O) groups excluding carboxylic acids is 1. The third kappa shape index (κ3) is 2.39. The van der Waals surface area contributed by atoms with E-state index in [0.29, 0.717) is 18.4 Å². The number of hydroxylamine groups is 2. The first kappa shape index (κ1) is 10.2. The quantitative estimate of drug-likeness (QED) is 0.609. The summed E-state index contributed by atoms with van der Waals surface area (Å²) in [4.78, 5) is 10.7. The van der Waals surface area contributed by atoms with Crippen molar-refractivity contribution in [2.45, 2.75) is 25.7 Å². The zero-order valence-electron chi connectivity index (χ0n) is 8.72. The average Bonchev–Trinajstić information content (AvgIpc) is 2.76. The van der Waals surface area contributed by atoms with Gasteiger partial charge in [0.15, 0.2) is 0 Å². The Morgan fingerprint density at radius 3 is 3.13 bits per heavy atom. The van der Waals surface area contributed by atoms with Crippen molar-refractivity contribution in [3.8, 4) is 0 Å². The fraction of sp³-hybridized carbons (Fsp3) is 0.545. The fourth-order valence-corrected chi connectivity index (χ4v) is 1.86. The lowest BCUT2D eigenvalue weighted by Gasteiger charge is -2.11. The van der Waals surface area contributed by atoms with E-state index in [1.807, 2.05) is 12.1 Å². The summed E-state index contributed by atoms with van der Waals surface area (Å²) >= 11 is 0. The van der Waals surface area contributed by atoms with Gasteiger partial charge in [-0.05, 0) is 30.9 Å². The summed E-state index contributed by atoms with van der Waals surface area (Å²) in [6, 6.07) is 3.87. The van der Waals surface area contributed by atoms with Crippen LogP contribution < -0.4 is 0 Å². The summed E-state index contributed by atoms with van der Waals surface area (Å²) in [5.74, 6) is 1.75. The molecule has 0 aliphatic heterocycles. The molecule has 1 amide bonds. The van der Waals surface area contributed by atoms with Gasteiger partial charge in [-0.2, -0.15) is 0 Å². The highest BCUT2D eigenvalue weighted by Gasteiger charge is 2.40. The van der Waals surface area contributed by atoms with Crippen molar-refractivity contribution in [3.63, 3.8) is 0 Å². The number of rotatable bonds is 4. The molecule has 2 rings (SSSR count). The van der Waals surface area contributed by atoms with Crippen molar-refractivity contribution in [1.29, 1.82) is 0 Å². The molecule has 1 fully saturated rings. The molecular weight excluding hydrogens is 194 g/mol. The van der Waals surface area contributed by atoms with Gasteiger partial charge in [-0.1, -0.05) is 0 Å². The molecule has 1 heterocycles. The maximum atomic E-state index is 10.7. The van der Waals surface area contributed by atoms with Gasteiger partial charge in [0.05, 0.1) is 6.26 Å². The minimum absolute atomic E-state index is 0.301. The smallest absolute Gasteiger partial charge is 0.242 e. The molecule has 1 aromatic heterocycles. The Balaban J connectivity index is 1.74. The summed E-state index contributed by atoms with van der Waals surface area (Å²) in [7, 11) is 0. The minimum Gasteiger partial charge on any atom is -0.469 e. The van der Waals surface area contributed by atoms with Gasteiger partial charge in [0.2, 0.25) is 5.91 Å². The second-order valence-corrected chi connectivity index (χ2v) is 4.05. The van der Waals surface area contributed by atoms with E-state index >= 15 is 0 Å². The SMILES string of the molecule is CC(=O)N(O)CCC1CC1c1ccco1. The van der Waals surface area contributed by atoms with Gasteiger partial charge in [-0.3, -0.25) is 10.0 Å². The topological polar surface area (TPSA) is 53.7 Å². The Labute approximate surface area is 88.4 Å². The average molecular weight is 209 g/mol. The lowest BCUT2D eigenvalue weighted by Crippen LogP contribution is -2.25. The van der Waals surface area contributed by atoms with E-state index in [1.54, 1.807) is 6.26 Å². The molecule has 1 aliphatic carbocycles. The number of carbonyl (C=O) groups is 1. The lowest BCUT2D eigenvalue weighted by molar-refractivity contribution is -0.163. The number of hydrogen-bond acceptors (Lipinski definition) is 3. The van der Waals surface area contributed by atoms with E-state index < -0.39 is 0 Å². The van der Waals surface area contributed by atoms with Crippen molar-refractivity contribution >= 4 is 5.91 Å². The molecule has 0 radical (unpaired) electrons. The highest BCUT2D eigenvalue weighted by molar-refractivity contribution is 5.71. The Bertz CT molecular complexity index is 334. The highest BCUT2D eigenvalue weighted by Crippen LogP contribution is 2.49. The molecule has 1 aliphatic rings. The molecule has 1 N–H and O–H groups in total. The second kappa shape index (κ2) is 4.06. The maximum absolute atomic E-state index is 10.7. The molecular formula is C11H15NO3. The molecule has 1 saturated carbocycles. The van der Waals surface area contributed by atoms with Gasteiger partial charge in [0.1, 0.15) is 5.76 Å². The number of furan rings is 1. The molecule has 2 atom stereocenters. The van der Waals surface area contributed by atoms with Crippen LogP contribution in [-0.2, 0) is 4.79 Å². The molecule has 0 bridgehead atoms. The van der Waals surface area contributed by atoms with E-state index in [9.17, 15) is 10.0 Å². The van der Waals surface area contributed by atoms with Crippen LogP contribution in [0.1, 0.15) is 31.4 Å². The molecule has 0 spiro atoms. The van der Waals surface area contributed by atoms with Crippen LogP contribution in [0.15, 0.2) is 22.8 Å². The van der Waals surface area contributed by atoms with Gasteiger partial charge in [0.25, 0.3) is 0 Å². The molecule has 15 heavy (non-hydrogen) atoms. The highest BCUT2D eigenvalue weighted by atomic mass is 16.5. The third-order valence-corrected chi connectivity index (χ3v) is 2.91. The van der Waals surface area contributed by atoms with Crippen LogP contribution in [-0.4, -0.2) is 22.7 Å². The Hall–Kier alpha value is -1.29. The van der Waals surface area contributed by atoms with E-state index in [-0.39, 0.29) is 5.91 Å². The summed E-state index contributed by atoms with van der Waals surface area (Å²) in [5.41, 5.74) is 0. The number of amides is 1. The molecule has 0 saturated heterocycles. The van der Waals surface area contributed by atoms with Gasteiger partial charge in [-0.15, -0.1) is 0 Å². The van der Waals surface area contributed by atoms with Crippen molar-refractivity contribution in [3.05, 3.63) is 24.2 Å². The second-order valence-electron chi connectivity index (χ2n) is 4.05.